The van der Waals surface area contributed by atoms with Gasteiger partial charge in [-0.2, -0.15) is 0 Å². The van der Waals surface area contributed by atoms with Crippen molar-refractivity contribution in [3.05, 3.63) is 83.4 Å². The van der Waals surface area contributed by atoms with Crippen LogP contribution in [0.15, 0.2) is 66.7 Å². The molecule has 9 nitrogen and oxygen atoms in total. The molecule has 3 aromatic rings. The predicted molar refractivity (Wildman–Crippen MR) is 160 cm³/mol. The van der Waals surface area contributed by atoms with Gasteiger partial charge in [-0.05, 0) is 96.6 Å². The number of carbonyl (C=O) groups excluding carboxylic acids is 1. The minimum Gasteiger partial charge on any atom is -0.490 e. The Morgan fingerprint density at radius 3 is 2.14 bits per heavy atom. The van der Waals surface area contributed by atoms with Gasteiger partial charge in [0.25, 0.3) is 0 Å². The molecular formula is C32H36NO8P. The zero-order valence-corrected chi connectivity index (χ0v) is 24.7. The Balaban J connectivity index is 1.43. The third kappa shape index (κ3) is 7.61. The number of ether oxygens (including phenoxy) is 4. The van der Waals surface area contributed by atoms with Gasteiger partial charge in [-0.25, -0.2) is 0 Å². The fourth-order valence-corrected chi connectivity index (χ4v) is 5.73. The lowest BCUT2D eigenvalue weighted by atomic mass is 9.88. The molecule has 0 spiro atoms. The fourth-order valence-electron chi connectivity index (χ4n) is 5.42. The van der Waals surface area contributed by atoms with E-state index in [0.717, 1.165) is 65.9 Å². The van der Waals surface area contributed by atoms with Crippen LogP contribution in [0, 0.1) is 0 Å². The number of rotatable bonds is 12. The van der Waals surface area contributed by atoms with Crippen molar-refractivity contribution in [2.75, 3.05) is 33.0 Å². The molecule has 0 bridgehead atoms. The van der Waals surface area contributed by atoms with Gasteiger partial charge < -0.3 is 33.3 Å². The van der Waals surface area contributed by atoms with Crippen molar-refractivity contribution in [3.8, 4) is 23.0 Å². The summed E-state index contributed by atoms with van der Waals surface area (Å²) in [6.07, 6.45) is 2.73. The second kappa shape index (κ2) is 14.0. The molecule has 2 N–H and O–H groups in total. The van der Waals surface area contributed by atoms with E-state index in [9.17, 15) is 14.6 Å². The second-order valence-electron chi connectivity index (χ2n) is 10.2. The Bertz CT molecular complexity index is 1380. The molecule has 5 rings (SSSR count). The summed E-state index contributed by atoms with van der Waals surface area (Å²) in [5, 5.41) is 0. The van der Waals surface area contributed by atoms with E-state index in [0.29, 0.717) is 23.8 Å². The quantitative estimate of drug-likeness (QED) is 0.154. The van der Waals surface area contributed by atoms with E-state index in [1.165, 1.54) is 6.92 Å². The summed E-state index contributed by atoms with van der Waals surface area (Å²) in [4.78, 5) is 32.5. The Morgan fingerprint density at radius 1 is 0.905 bits per heavy atom. The first kappa shape index (κ1) is 29.9. The second-order valence-corrected chi connectivity index (χ2v) is 10.9. The molecule has 0 aliphatic carbocycles. The summed E-state index contributed by atoms with van der Waals surface area (Å²) in [5.74, 6) is 2.17. The largest absolute Gasteiger partial charge is 0.490 e. The van der Waals surface area contributed by atoms with Gasteiger partial charge in [0.05, 0.1) is 0 Å². The van der Waals surface area contributed by atoms with Crippen LogP contribution < -0.4 is 18.7 Å². The van der Waals surface area contributed by atoms with Gasteiger partial charge in [0.15, 0.2) is 11.5 Å². The van der Waals surface area contributed by atoms with Crippen LogP contribution in [-0.2, 0) is 9.53 Å². The molecule has 2 heterocycles. The number of fused-ring (bicyclic) bond motifs is 1. The van der Waals surface area contributed by atoms with E-state index in [1.54, 1.807) is 12.1 Å². The van der Waals surface area contributed by atoms with Gasteiger partial charge in [0.2, 0.25) is 6.79 Å². The number of likely N-dealkylation sites (tertiary alicyclic amines) is 1. The minimum atomic E-state index is -2.50. The maximum Gasteiger partial charge on any atom is 0.391 e. The van der Waals surface area contributed by atoms with Crippen molar-refractivity contribution < 1.29 is 38.1 Å². The summed E-state index contributed by atoms with van der Waals surface area (Å²) in [6, 6.07) is 21.1. The standard InChI is InChI=1S/C32H36NO8P/c1-3-29(25-10-15-30-31(18-25)39-21-38-30)32(24-8-13-27(14-9-24)41-42(35)36)23-6-11-26(12-7-23)37-20-28(40-22(2)34)19-33-16-4-5-17-33/h6-15,18,28,35-36H,3-5,16-17,19-21H2,1-2H3/b32-29+. The van der Waals surface area contributed by atoms with Gasteiger partial charge in [0.1, 0.15) is 24.2 Å². The average Bonchev–Trinajstić information content (AvgIpc) is 3.67. The molecule has 222 valence electrons. The van der Waals surface area contributed by atoms with Crippen LogP contribution in [-0.4, -0.2) is 59.8 Å². The van der Waals surface area contributed by atoms with Gasteiger partial charge >= 0.3 is 14.6 Å². The van der Waals surface area contributed by atoms with Crippen LogP contribution in [0.1, 0.15) is 49.8 Å². The summed E-state index contributed by atoms with van der Waals surface area (Å²) in [7, 11) is -2.50. The van der Waals surface area contributed by atoms with Crippen LogP contribution in [0.2, 0.25) is 0 Å². The SMILES string of the molecule is CC/C(=C(/c1ccc(OCC(CN2CCCC2)OC(C)=O)cc1)c1ccc(OP(O)O)cc1)c1ccc2c(c1)OCO2. The first-order valence-corrected chi connectivity index (χ1v) is 15.3. The normalized spacial score (nSPS) is 15.8. The Labute approximate surface area is 247 Å². The molecule has 42 heavy (non-hydrogen) atoms. The van der Waals surface area contributed by atoms with E-state index in [-0.39, 0.29) is 25.5 Å². The van der Waals surface area contributed by atoms with Crippen molar-refractivity contribution in [3.63, 3.8) is 0 Å². The minimum absolute atomic E-state index is 0.203. The molecule has 10 heteroatoms. The third-order valence-corrected chi connectivity index (χ3v) is 7.65. The molecule has 1 saturated heterocycles. The van der Waals surface area contributed by atoms with Crippen molar-refractivity contribution in [1.82, 2.24) is 4.90 Å². The predicted octanol–water partition coefficient (Wildman–Crippen LogP) is 5.78. The number of allylic oxidation sites excluding steroid dienone is 1. The molecule has 0 saturated carbocycles. The van der Waals surface area contributed by atoms with Gasteiger partial charge in [-0.3, -0.25) is 9.69 Å². The molecule has 2 aliphatic heterocycles. The van der Waals surface area contributed by atoms with Crippen molar-refractivity contribution >= 4 is 25.7 Å². The van der Waals surface area contributed by atoms with Crippen LogP contribution in [0.4, 0.5) is 0 Å². The van der Waals surface area contributed by atoms with E-state index in [1.807, 2.05) is 54.6 Å². The van der Waals surface area contributed by atoms with Gasteiger partial charge in [-0.1, -0.05) is 37.3 Å². The lowest BCUT2D eigenvalue weighted by Gasteiger charge is -2.23. The first-order valence-electron chi connectivity index (χ1n) is 14.1. The smallest absolute Gasteiger partial charge is 0.391 e. The topological polar surface area (TPSA) is 107 Å². The van der Waals surface area contributed by atoms with Gasteiger partial charge in [-0.15, -0.1) is 0 Å². The zero-order chi connectivity index (χ0) is 29.5. The number of benzene rings is 3. The highest BCUT2D eigenvalue weighted by molar-refractivity contribution is 7.39. The molecule has 1 atom stereocenters. The fraction of sp³-hybridized carbons (Fsp3) is 0.344. The number of esters is 1. The molecule has 2 aliphatic rings. The highest BCUT2D eigenvalue weighted by Gasteiger charge is 2.21. The summed E-state index contributed by atoms with van der Waals surface area (Å²) >= 11 is 0. The molecule has 0 amide bonds. The number of carbonyl (C=O) groups is 1. The van der Waals surface area contributed by atoms with Crippen LogP contribution >= 0.6 is 8.60 Å². The monoisotopic (exact) mass is 593 g/mol. The molecule has 1 fully saturated rings. The maximum atomic E-state index is 11.7. The van der Waals surface area contributed by atoms with Crippen LogP contribution in [0.5, 0.6) is 23.0 Å². The molecule has 0 radical (unpaired) electrons. The molecule has 1 unspecified atom stereocenters. The number of hydrogen-bond donors (Lipinski definition) is 2. The molecular weight excluding hydrogens is 557 g/mol. The van der Waals surface area contributed by atoms with E-state index in [2.05, 4.69) is 11.8 Å². The van der Waals surface area contributed by atoms with Crippen molar-refractivity contribution in [1.29, 1.82) is 0 Å². The molecule has 3 aromatic carbocycles. The van der Waals surface area contributed by atoms with Crippen LogP contribution in [0.25, 0.3) is 11.1 Å². The first-order chi connectivity index (χ1) is 20.4. The highest BCUT2D eigenvalue weighted by Crippen LogP contribution is 2.40. The lowest BCUT2D eigenvalue weighted by molar-refractivity contribution is -0.148. The zero-order valence-electron chi connectivity index (χ0n) is 23.8. The van der Waals surface area contributed by atoms with Crippen LogP contribution in [0.3, 0.4) is 0 Å². The third-order valence-electron chi connectivity index (χ3n) is 7.28. The number of hydrogen-bond acceptors (Lipinski definition) is 9. The van der Waals surface area contributed by atoms with E-state index >= 15 is 0 Å². The summed E-state index contributed by atoms with van der Waals surface area (Å²) in [6.45, 7) is 6.70. The Kier molecular flexibility index (Phi) is 9.97. The summed E-state index contributed by atoms with van der Waals surface area (Å²) < 4.78 is 27.9. The van der Waals surface area contributed by atoms with E-state index < -0.39 is 8.60 Å². The maximum absolute atomic E-state index is 11.7. The average molecular weight is 594 g/mol. The van der Waals surface area contributed by atoms with Gasteiger partial charge in [0, 0.05) is 13.5 Å². The van der Waals surface area contributed by atoms with Crippen molar-refractivity contribution in [2.24, 2.45) is 0 Å². The Hall–Kier alpha value is -3.62. The lowest BCUT2D eigenvalue weighted by Crippen LogP contribution is -2.36. The summed E-state index contributed by atoms with van der Waals surface area (Å²) in [5.41, 5.74) is 5.04. The highest BCUT2D eigenvalue weighted by atomic mass is 31.2. The Morgan fingerprint density at radius 2 is 1.52 bits per heavy atom. The van der Waals surface area contributed by atoms with E-state index in [4.69, 9.17) is 23.5 Å². The molecule has 0 aromatic heterocycles. The number of nitrogens with zero attached hydrogens (tertiary/aromatic N) is 1. The van der Waals surface area contributed by atoms with Crippen molar-refractivity contribution in [2.45, 2.75) is 39.2 Å².